The van der Waals surface area contributed by atoms with Crippen LogP contribution in [0, 0.1) is 5.92 Å². The number of carbonyl (C=O) groups excluding carboxylic acids is 3. The Morgan fingerprint density at radius 2 is 1.59 bits per heavy atom. The Labute approximate surface area is 184 Å². The number of nitrogens with two attached hydrogens (primary N) is 1. The van der Waals surface area contributed by atoms with E-state index in [0.29, 0.717) is 12.1 Å². The fourth-order valence-electron chi connectivity index (χ4n) is 2.75. The summed E-state index contributed by atoms with van der Waals surface area (Å²) in [6.45, 7) is 4.95. The number of carboxylic acid groups (broad SMARTS) is 2. The minimum absolute atomic E-state index is 0.0789. The molecule has 0 bridgehead atoms. The number of rotatable bonds is 13. The molecule has 0 saturated carbocycles. The number of carboxylic acids is 2. The van der Waals surface area contributed by atoms with Gasteiger partial charge in [0.05, 0.1) is 18.8 Å². The van der Waals surface area contributed by atoms with E-state index in [-0.39, 0.29) is 12.3 Å². The number of amides is 3. The van der Waals surface area contributed by atoms with Gasteiger partial charge in [-0.1, -0.05) is 13.8 Å². The van der Waals surface area contributed by atoms with E-state index in [1.54, 1.807) is 0 Å². The van der Waals surface area contributed by atoms with Gasteiger partial charge in [0, 0.05) is 18.3 Å². The first-order chi connectivity index (χ1) is 14.9. The van der Waals surface area contributed by atoms with Gasteiger partial charge in [-0.2, -0.15) is 0 Å². The molecular formula is C19H30N6O7. The Kier molecular flexibility index (Phi) is 10.3. The van der Waals surface area contributed by atoms with Crippen LogP contribution in [0.3, 0.4) is 0 Å². The van der Waals surface area contributed by atoms with Crippen molar-refractivity contribution in [3.8, 4) is 0 Å². The number of carbonyl (C=O) groups is 5. The summed E-state index contributed by atoms with van der Waals surface area (Å²) in [5, 5.41) is 25.1. The van der Waals surface area contributed by atoms with Crippen LogP contribution in [0.2, 0.25) is 0 Å². The molecular weight excluding hydrogens is 424 g/mol. The standard InChI is InChI=1S/C19H30N6O7/c1-9(2)4-12(20)16(28)24-14(6-15(26)27)18(30)25-13(5-11-7-21-8-22-11)17(29)23-10(3)19(31)32/h7-10,12-14H,4-6,20H2,1-3H3,(H,21,22)(H,23,29)(H,24,28)(H,25,30)(H,26,27)(H,31,32). The molecule has 8 N–H and O–H groups in total. The molecule has 0 radical (unpaired) electrons. The summed E-state index contributed by atoms with van der Waals surface area (Å²) in [4.78, 5) is 66.5. The highest BCUT2D eigenvalue weighted by Gasteiger charge is 2.31. The molecule has 1 aromatic heterocycles. The van der Waals surface area contributed by atoms with Crippen molar-refractivity contribution < 1.29 is 34.2 Å². The predicted molar refractivity (Wildman–Crippen MR) is 111 cm³/mol. The molecule has 4 unspecified atom stereocenters. The van der Waals surface area contributed by atoms with Crippen LogP contribution in [0.25, 0.3) is 0 Å². The second-order valence-electron chi connectivity index (χ2n) is 7.81. The monoisotopic (exact) mass is 454 g/mol. The number of aromatic nitrogens is 2. The van der Waals surface area contributed by atoms with Crippen molar-refractivity contribution in [1.82, 2.24) is 25.9 Å². The molecule has 0 aliphatic carbocycles. The summed E-state index contributed by atoms with van der Waals surface area (Å²) in [5.41, 5.74) is 6.26. The first-order valence-electron chi connectivity index (χ1n) is 9.99. The highest BCUT2D eigenvalue weighted by molar-refractivity contribution is 5.95. The van der Waals surface area contributed by atoms with Crippen molar-refractivity contribution >= 4 is 29.7 Å². The third kappa shape index (κ3) is 9.12. The summed E-state index contributed by atoms with van der Waals surface area (Å²) in [5.74, 6) is -4.97. The van der Waals surface area contributed by atoms with Crippen LogP contribution in [0.15, 0.2) is 12.5 Å². The van der Waals surface area contributed by atoms with E-state index in [1.807, 2.05) is 13.8 Å². The summed E-state index contributed by atoms with van der Waals surface area (Å²) in [7, 11) is 0. The van der Waals surface area contributed by atoms with E-state index in [0.717, 1.165) is 0 Å². The molecule has 0 spiro atoms. The zero-order chi connectivity index (χ0) is 24.4. The lowest BCUT2D eigenvalue weighted by atomic mass is 10.0. The lowest BCUT2D eigenvalue weighted by Gasteiger charge is -2.24. The van der Waals surface area contributed by atoms with Crippen LogP contribution in [-0.2, 0) is 30.4 Å². The normalized spacial score (nSPS) is 14.7. The number of H-pyrrole nitrogens is 1. The first-order valence-corrected chi connectivity index (χ1v) is 9.99. The largest absolute Gasteiger partial charge is 0.481 e. The summed E-state index contributed by atoms with van der Waals surface area (Å²) >= 11 is 0. The van der Waals surface area contributed by atoms with Gasteiger partial charge in [0.25, 0.3) is 0 Å². The second-order valence-corrected chi connectivity index (χ2v) is 7.81. The van der Waals surface area contributed by atoms with Gasteiger partial charge in [0.2, 0.25) is 17.7 Å². The smallest absolute Gasteiger partial charge is 0.325 e. The van der Waals surface area contributed by atoms with Crippen LogP contribution >= 0.6 is 0 Å². The van der Waals surface area contributed by atoms with Gasteiger partial charge < -0.3 is 36.9 Å². The summed E-state index contributed by atoms with van der Waals surface area (Å²) < 4.78 is 0. The minimum atomic E-state index is -1.49. The first kappa shape index (κ1) is 26.6. The topological polar surface area (TPSA) is 217 Å². The number of hydrogen-bond acceptors (Lipinski definition) is 7. The lowest BCUT2D eigenvalue weighted by Crippen LogP contribution is -2.57. The maximum absolute atomic E-state index is 12.8. The van der Waals surface area contributed by atoms with Crippen molar-refractivity contribution in [2.45, 2.75) is 64.2 Å². The van der Waals surface area contributed by atoms with Crippen molar-refractivity contribution in [3.63, 3.8) is 0 Å². The maximum Gasteiger partial charge on any atom is 0.325 e. The van der Waals surface area contributed by atoms with Gasteiger partial charge in [-0.15, -0.1) is 0 Å². The van der Waals surface area contributed by atoms with Crippen molar-refractivity contribution in [3.05, 3.63) is 18.2 Å². The van der Waals surface area contributed by atoms with Crippen LogP contribution in [-0.4, -0.2) is 74.0 Å². The molecule has 32 heavy (non-hydrogen) atoms. The Morgan fingerprint density at radius 1 is 1.00 bits per heavy atom. The SMILES string of the molecule is CC(C)CC(N)C(=O)NC(CC(=O)O)C(=O)NC(Cc1cnc[nH]1)C(=O)NC(C)C(=O)O. The predicted octanol–water partition coefficient (Wildman–Crippen LogP) is -1.64. The van der Waals surface area contributed by atoms with Crippen LogP contribution in [0.1, 0.15) is 39.3 Å². The van der Waals surface area contributed by atoms with Crippen molar-refractivity contribution in [2.75, 3.05) is 0 Å². The van der Waals surface area contributed by atoms with E-state index in [1.165, 1.54) is 19.4 Å². The molecule has 1 heterocycles. The van der Waals surface area contributed by atoms with Gasteiger partial charge in [-0.05, 0) is 19.3 Å². The number of nitrogens with zero attached hydrogens (tertiary/aromatic N) is 1. The molecule has 0 aromatic carbocycles. The highest BCUT2D eigenvalue weighted by atomic mass is 16.4. The number of aromatic amines is 1. The van der Waals surface area contributed by atoms with E-state index in [4.69, 9.17) is 15.9 Å². The Morgan fingerprint density at radius 3 is 2.09 bits per heavy atom. The molecule has 1 rings (SSSR count). The van der Waals surface area contributed by atoms with E-state index in [2.05, 4.69) is 25.9 Å². The maximum atomic E-state index is 12.8. The fraction of sp³-hybridized carbons (Fsp3) is 0.579. The van der Waals surface area contributed by atoms with Crippen LogP contribution in [0.5, 0.6) is 0 Å². The number of hydrogen-bond donors (Lipinski definition) is 7. The number of imidazole rings is 1. The van der Waals surface area contributed by atoms with Gasteiger partial charge >= 0.3 is 11.9 Å². The number of nitrogens with one attached hydrogen (secondary N) is 4. The highest BCUT2D eigenvalue weighted by Crippen LogP contribution is 2.05. The average molecular weight is 454 g/mol. The molecule has 178 valence electrons. The number of aliphatic carboxylic acids is 2. The Hall–Kier alpha value is -3.48. The quantitative estimate of drug-likeness (QED) is 0.181. The third-order valence-electron chi connectivity index (χ3n) is 4.41. The van der Waals surface area contributed by atoms with Gasteiger partial charge in [-0.25, -0.2) is 4.98 Å². The fourth-order valence-corrected chi connectivity index (χ4v) is 2.75. The van der Waals surface area contributed by atoms with Crippen LogP contribution in [0.4, 0.5) is 0 Å². The molecule has 4 atom stereocenters. The molecule has 0 aliphatic rings. The third-order valence-corrected chi connectivity index (χ3v) is 4.41. The van der Waals surface area contributed by atoms with E-state index < -0.39 is 60.2 Å². The van der Waals surface area contributed by atoms with E-state index >= 15 is 0 Å². The van der Waals surface area contributed by atoms with Crippen molar-refractivity contribution in [2.24, 2.45) is 11.7 Å². The molecule has 13 heteroatoms. The zero-order valence-electron chi connectivity index (χ0n) is 18.1. The van der Waals surface area contributed by atoms with Gasteiger partial charge in [0.1, 0.15) is 18.1 Å². The molecule has 0 fully saturated rings. The lowest BCUT2D eigenvalue weighted by molar-refractivity contribution is -0.143. The molecule has 1 aromatic rings. The molecule has 0 aliphatic heterocycles. The summed E-state index contributed by atoms with van der Waals surface area (Å²) in [6, 6.07) is -4.93. The zero-order valence-corrected chi connectivity index (χ0v) is 18.1. The average Bonchev–Trinajstić information content (AvgIpc) is 3.18. The Bertz CT molecular complexity index is 811. The molecule has 13 nitrogen and oxygen atoms in total. The molecule has 3 amide bonds. The van der Waals surface area contributed by atoms with Crippen LogP contribution < -0.4 is 21.7 Å². The Balaban J connectivity index is 2.99. The summed E-state index contributed by atoms with van der Waals surface area (Å²) in [6.07, 6.45) is 2.27. The van der Waals surface area contributed by atoms with Gasteiger partial charge in [0.15, 0.2) is 0 Å². The second kappa shape index (κ2) is 12.4. The van der Waals surface area contributed by atoms with Crippen molar-refractivity contribution in [1.29, 1.82) is 0 Å². The molecule has 0 saturated heterocycles. The van der Waals surface area contributed by atoms with E-state index in [9.17, 15) is 24.0 Å². The minimum Gasteiger partial charge on any atom is -0.481 e. The van der Waals surface area contributed by atoms with Gasteiger partial charge in [-0.3, -0.25) is 24.0 Å².